The monoisotopic (exact) mass is 391 g/mol. The minimum Gasteiger partial charge on any atom is -0.385 e. The standard InChI is InChI=1S/C20H27FN4O3/c21-15-3-5-16(6-4-15)24-11-9-23(10-12-24)13-17(26)14-25-18(27)20(22-19(25)28)7-1-2-8-20/h3-6,17,26H,1-2,7-14H2,(H,22,28)/p+1/t17-/m0/s1. The Bertz CT molecular complexity index is 727. The largest absolute Gasteiger partial charge is 0.385 e. The van der Waals surface area contributed by atoms with Crippen molar-refractivity contribution < 1.29 is 24.0 Å². The summed E-state index contributed by atoms with van der Waals surface area (Å²) in [7, 11) is 0. The number of hydrogen-bond donors (Lipinski definition) is 3. The molecule has 4 rings (SSSR count). The molecule has 3 amide bonds. The number of nitrogens with one attached hydrogen (secondary N) is 2. The molecule has 1 aromatic rings. The number of nitrogens with zero attached hydrogens (tertiary/aromatic N) is 2. The van der Waals surface area contributed by atoms with Gasteiger partial charge in [-0.25, -0.2) is 9.18 Å². The van der Waals surface area contributed by atoms with E-state index in [-0.39, 0.29) is 24.3 Å². The molecule has 1 aliphatic carbocycles. The maximum absolute atomic E-state index is 13.1. The summed E-state index contributed by atoms with van der Waals surface area (Å²) in [5.74, 6) is -0.416. The third-order valence-corrected chi connectivity index (χ3v) is 6.28. The molecule has 7 nitrogen and oxygen atoms in total. The number of β-amino-alcohol motifs (C(OH)–C–C–N with tert-alkyl or cyclic N) is 1. The highest BCUT2D eigenvalue weighted by atomic mass is 19.1. The van der Waals surface area contributed by atoms with Gasteiger partial charge in [-0.05, 0) is 37.1 Å². The molecular weight excluding hydrogens is 363 g/mol. The van der Waals surface area contributed by atoms with E-state index in [1.807, 2.05) is 0 Å². The van der Waals surface area contributed by atoms with Gasteiger partial charge in [0.05, 0.1) is 32.7 Å². The lowest BCUT2D eigenvalue weighted by molar-refractivity contribution is -0.903. The van der Waals surface area contributed by atoms with E-state index < -0.39 is 11.6 Å². The zero-order valence-corrected chi connectivity index (χ0v) is 16.0. The molecule has 1 atom stereocenters. The van der Waals surface area contributed by atoms with Crippen molar-refractivity contribution in [1.82, 2.24) is 10.2 Å². The number of quaternary nitrogens is 1. The van der Waals surface area contributed by atoms with Crippen molar-refractivity contribution >= 4 is 17.6 Å². The van der Waals surface area contributed by atoms with Gasteiger partial charge in [0.2, 0.25) is 0 Å². The van der Waals surface area contributed by atoms with E-state index in [2.05, 4.69) is 10.2 Å². The van der Waals surface area contributed by atoms with E-state index in [0.717, 1.165) is 44.7 Å². The molecule has 3 fully saturated rings. The molecule has 2 saturated heterocycles. The van der Waals surface area contributed by atoms with E-state index in [4.69, 9.17) is 0 Å². The number of piperazine rings is 1. The molecule has 152 valence electrons. The number of benzene rings is 1. The second kappa shape index (κ2) is 7.67. The number of imide groups is 1. The lowest BCUT2D eigenvalue weighted by Crippen LogP contribution is -3.16. The van der Waals surface area contributed by atoms with E-state index in [1.54, 1.807) is 12.1 Å². The number of carbonyl (C=O) groups excluding carboxylic acids is 2. The van der Waals surface area contributed by atoms with Gasteiger partial charge in [-0.15, -0.1) is 0 Å². The van der Waals surface area contributed by atoms with Crippen LogP contribution in [0, 0.1) is 5.82 Å². The van der Waals surface area contributed by atoms with Gasteiger partial charge in [0.1, 0.15) is 24.0 Å². The molecule has 3 N–H and O–H groups in total. The molecule has 2 aliphatic heterocycles. The first kappa shape index (κ1) is 19.1. The molecule has 3 aliphatic rings. The van der Waals surface area contributed by atoms with Crippen molar-refractivity contribution in [2.24, 2.45) is 0 Å². The lowest BCUT2D eigenvalue weighted by atomic mass is 9.98. The van der Waals surface area contributed by atoms with Crippen molar-refractivity contribution in [1.29, 1.82) is 0 Å². The van der Waals surface area contributed by atoms with Crippen molar-refractivity contribution in [2.45, 2.75) is 37.3 Å². The molecule has 0 unspecified atom stereocenters. The van der Waals surface area contributed by atoms with Crippen molar-refractivity contribution in [3.63, 3.8) is 0 Å². The van der Waals surface area contributed by atoms with E-state index in [1.165, 1.54) is 21.9 Å². The molecule has 0 aromatic heterocycles. The molecular formula is C20H28FN4O3+. The van der Waals surface area contributed by atoms with Crippen molar-refractivity contribution in [3.8, 4) is 0 Å². The van der Waals surface area contributed by atoms with Gasteiger partial charge in [-0.1, -0.05) is 12.8 Å². The molecule has 2 heterocycles. The van der Waals surface area contributed by atoms with Crippen LogP contribution in [0.1, 0.15) is 25.7 Å². The summed E-state index contributed by atoms with van der Waals surface area (Å²) in [6, 6.07) is 6.13. The smallest absolute Gasteiger partial charge is 0.325 e. The predicted molar refractivity (Wildman–Crippen MR) is 102 cm³/mol. The van der Waals surface area contributed by atoms with E-state index >= 15 is 0 Å². The third-order valence-electron chi connectivity index (χ3n) is 6.28. The van der Waals surface area contributed by atoms with Crippen LogP contribution in [0.25, 0.3) is 0 Å². The van der Waals surface area contributed by atoms with Gasteiger partial charge in [0.25, 0.3) is 5.91 Å². The second-order valence-electron chi connectivity index (χ2n) is 8.21. The highest BCUT2D eigenvalue weighted by Crippen LogP contribution is 2.34. The van der Waals surface area contributed by atoms with Crippen LogP contribution in [0.5, 0.6) is 0 Å². The first-order valence-electron chi connectivity index (χ1n) is 10.1. The quantitative estimate of drug-likeness (QED) is 0.606. The molecule has 0 radical (unpaired) electrons. The zero-order chi connectivity index (χ0) is 19.7. The van der Waals surface area contributed by atoms with Crippen LogP contribution in [0.2, 0.25) is 0 Å². The van der Waals surface area contributed by atoms with Crippen molar-refractivity contribution in [2.75, 3.05) is 44.2 Å². The predicted octanol–water partition coefficient (Wildman–Crippen LogP) is -0.244. The van der Waals surface area contributed by atoms with Crippen LogP contribution in [0.4, 0.5) is 14.9 Å². The van der Waals surface area contributed by atoms with Crippen LogP contribution in [0.15, 0.2) is 24.3 Å². The fourth-order valence-corrected chi connectivity index (χ4v) is 4.71. The molecule has 1 saturated carbocycles. The minimum atomic E-state index is -0.737. The fraction of sp³-hybridized carbons (Fsp3) is 0.600. The van der Waals surface area contributed by atoms with Gasteiger partial charge in [-0.2, -0.15) is 0 Å². The van der Waals surface area contributed by atoms with E-state index in [0.29, 0.717) is 19.4 Å². The fourth-order valence-electron chi connectivity index (χ4n) is 4.71. The minimum absolute atomic E-state index is 0.0532. The normalized spacial score (nSPS) is 23.5. The summed E-state index contributed by atoms with van der Waals surface area (Å²) in [6.07, 6.45) is 2.55. The summed E-state index contributed by atoms with van der Waals surface area (Å²) in [5.41, 5.74) is 0.284. The summed E-state index contributed by atoms with van der Waals surface area (Å²) in [5, 5.41) is 13.3. The average Bonchev–Trinajstić information content (AvgIpc) is 3.24. The Kier molecular flexibility index (Phi) is 5.25. The summed E-state index contributed by atoms with van der Waals surface area (Å²) < 4.78 is 13.1. The summed E-state index contributed by atoms with van der Waals surface area (Å²) in [4.78, 5) is 29.6. The number of urea groups is 1. The zero-order valence-electron chi connectivity index (χ0n) is 16.0. The Balaban J connectivity index is 1.27. The third kappa shape index (κ3) is 3.71. The first-order chi connectivity index (χ1) is 13.5. The average molecular weight is 391 g/mol. The molecule has 0 bridgehead atoms. The van der Waals surface area contributed by atoms with Gasteiger partial charge >= 0.3 is 6.03 Å². The Morgan fingerprint density at radius 1 is 1.14 bits per heavy atom. The second-order valence-corrected chi connectivity index (χ2v) is 8.21. The van der Waals surface area contributed by atoms with E-state index in [9.17, 15) is 19.1 Å². The van der Waals surface area contributed by atoms with Crippen LogP contribution in [0.3, 0.4) is 0 Å². The number of halogens is 1. The maximum Gasteiger partial charge on any atom is 0.325 e. The van der Waals surface area contributed by atoms with Crippen LogP contribution in [-0.4, -0.2) is 72.9 Å². The SMILES string of the molecule is O=C1NC2(CCCC2)C(=O)N1C[C@@H](O)C[NH+]1CCN(c2ccc(F)cc2)CC1. The number of amides is 3. The molecule has 1 spiro atoms. The van der Waals surface area contributed by atoms with Crippen LogP contribution < -0.4 is 15.1 Å². The van der Waals surface area contributed by atoms with Gasteiger partial charge in [-0.3, -0.25) is 9.69 Å². The topological polar surface area (TPSA) is 77.3 Å². The van der Waals surface area contributed by atoms with Crippen molar-refractivity contribution in [3.05, 3.63) is 30.1 Å². The number of aliphatic hydroxyl groups is 1. The first-order valence-corrected chi connectivity index (χ1v) is 10.1. The Morgan fingerprint density at radius 2 is 1.79 bits per heavy atom. The molecule has 8 heteroatoms. The Hall–Kier alpha value is -2.19. The number of aliphatic hydroxyl groups excluding tert-OH is 1. The number of hydrogen-bond acceptors (Lipinski definition) is 4. The summed E-state index contributed by atoms with van der Waals surface area (Å²) in [6.45, 7) is 3.88. The van der Waals surface area contributed by atoms with Gasteiger partial charge in [0.15, 0.2) is 0 Å². The van der Waals surface area contributed by atoms with Gasteiger partial charge in [0, 0.05) is 5.69 Å². The number of carbonyl (C=O) groups is 2. The Morgan fingerprint density at radius 3 is 2.43 bits per heavy atom. The Labute approximate surface area is 164 Å². The van der Waals surface area contributed by atoms with Crippen LogP contribution in [-0.2, 0) is 4.79 Å². The maximum atomic E-state index is 13.1. The highest BCUT2D eigenvalue weighted by Gasteiger charge is 2.52. The summed E-state index contributed by atoms with van der Waals surface area (Å²) >= 11 is 0. The molecule has 1 aromatic carbocycles. The number of anilines is 1. The number of rotatable bonds is 5. The molecule has 28 heavy (non-hydrogen) atoms. The van der Waals surface area contributed by atoms with Gasteiger partial charge < -0.3 is 20.2 Å². The highest BCUT2D eigenvalue weighted by molar-refractivity contribution is 6.07. The lowest BCUT2D eigenvalue weighted by Gasteiger charge is -2.34. The van der Waals surface area contributed by atoms with Crippen LogP contribution >= 0.6 is 0 Å².